The van der Waals surface area contributed by atoms with Gasteiger partial charge < -0.3 is 5.11 Å². The number of aryl methyl sites for hydroxylation is 1. The molecule has 0 aliphatic rings. The standard InChI is InChI=1S/C14H10FNOS/c1-8-2-5-13-11(6-8)16-14(18-13)10-4-3-9(15)7-12(10)17/h2-7,17H,1H3. The number of hydrogen-bond donors (Lipinski definition) is 1. The quantitative estimate of drug-likeness (QED) is 0.713. The van der Waals surface area contributed by atoms with Crippen molar-refractivity contribution in [1.82, 2.24) is 4.98 Å². The third-order valence-electron chi connectivity index (χ3n) is 2.73. The first-order valence-corrected chi connectivity index (χ1v) is 6.31. The molecule has 0 amide bonds. The topological polar surface area (TPSA) is 33.1 Å². The lowest BCUT2D eigenvalue weighted by molar-refractivity contribution is 0.471. The number of thiazole rings is 1. The third-order valence-corrected chi connectivity index (χ3v) is 3.80. The Hall–Kier alpha value is -1.94. The predicted octanol–water partition coefficient (Wildman–Crippen LogP) is 4.12. The van der Waals surface area contributed by atoms with Crippen LogP contribution < -0.4 is 0 Å². The van der Waals surface area contributed by atoms with Crippen molar-refractivity contribution in [3.8, 4) is 16.3 Å². The summed E-state index contributed by atoms with van der Waals surface area (Å²) in [6.45, 7) is 2.01. The van der Waals surface area contributed by atoms with Crippen molar-refractivity contribution in [1.29, 1.82) is 0 Å². The Balaban J connectivity index is 2.19. The summed E-state index contributed by atoms with van der Waals surface area (Å²) in [7, 11) is 0. The molecule has 0 spiro atoms. The second-order valence-corrected chi connectivity index (χ2v) is 5.18. The minimum atomic E-state index is -0.451. The molecule has 2 aromatic carbocycles. The second kappa shape index (κ2) is 4.07. The number of fused-ring (bicyclic) bond motifs is 1. The number of benzene rings is 2. The van der Waals surface area contributed by atoms with E-state index in [2.05, 4.69) is 4.98 Å². The molecule has 0 radical (unpaired) electrons. The largest absolute Gasteiger partial charge is 0.507 e. The van der Waals surface area contributed by atoms with Crippen molar-refractivity contribution in [3.63, 3.8) is 0 Å². The lowest BCUT2D eigenvalue weighted by atomic mass is 10.2. The summed E-state index contributed by atoms with van der Waals surface area (Å²) in [6, 6.07) is 10.0. The molecule has 18 heavy (non-hydrogen) atoms. The molecular weight excluding hydrogens is 249 g/mol. The van der Waals surface area contributed by atoms with E-state index in [9.17, 15) is 9.50 Å². The maximum atomic E-state index is 12.9. The second-order valence-electron chi connectivity index (χ2n) is 4.15. The molecule has 0 fully saturated rings. The normalized spacial score (nSPS) is 11.0. The van der Waals surface area contributed by atoms with E-state index in [4.69, 9.17) is 0 Å². The van der Waals surface area contributed by atoms with Crippen molar-refractivity contribution < 1.29 is 9.50 Å². The Labute approximate surface area is 107 Å². The molecule has 0 atom stereocenters. The minimum absolute atomic E-state index is 0.0780. The Kier molecular flexibility index (Phi) is 2.52. The zero-order valence-electron chi connectivity index (χ0n) is 9.64. The van der Waals surface area contributed by atoms with Crippen LogP contribution in [0, 0.1) is 12.7 Å². The first-order chi connectivity index (χ1) is 8.63. The molecule has 0 saturated carbocycles. The molecule has 1 aromatic heterocycles. The number of phenols is 1. The summed E-state index contributed by atoms with van der Waals surface area (Å²) < 4.78 is 14.0. The van der Waals surface area contributed by atoms with Crippen LogP contribution in [-0.4, -0.2) is 10.1 Å². The van der Waals surface area contributed by atoms with Gasteiger partial charge in [0, 0.05) is 6.07 Å². The van der Waals surface area contributed by atoms with Gasteiger partial charge in [0.25, 0.3) is 0 Å². The highest BCUT2D eigenvalue weighted by molar-refractivity contribution is 7.21. The van der Waals surface area contributed by atoms with Crippen molar-refractivity contribution in [2.24, 2.45) is 0 Å². The average molecular weight is 259 g/mol. The maximum Gasteiger partial charge on any atom is 0.128 e. The van der Waals surface area contributed by atoms with Gasteiger partial charge in [-0.3, -0.25) is 0 Å². The molecule has 3 aromatic rings. The molecule has 0 bridgehead atoms. The van der Waals surface area contributed by atoms with Gasteiger partial charge >= 0.3 is 0 Å². The number of hydrogen-bond acceptors (Lipinski definition) is 3. The molecular formula is C14H10FNOS. The van der Waals surface area contributed by atoms with Crippen LogP contribution >= 0.6 is 11.3 Å². The van der Waals surface area contributed by atoms with Gasteiger partial charge in [-0.2, -0.15) is 0 Å². The number of aromatic nitrogens is 1. The molecule has 1 N–H and O–H groups in total. The van der Waals surface area contributed by atoms with E-state index >= 15 is 0 Å². The van der Waals surface area contributed by atoms with Crippen LogP contribution in [0.5, 0.6) is 5.75 Å². The average Bonchev–Trinajstić information content (AvgIpc) is 2.71. The number of rotatable bonds is 1. The Morgan fingerprint density at radius 1 is 1.17 bits per heavy atom. The van der Waals surface area contributed by atoms with Crippen LogP contribution in [0.3, 0.4) is 0 Å². The van der Waals surface area contributed by atoms with Crippen LogP contribution in [0.25, 0.3) is 20.8 Å². The minimum Gasteiger partial charge on any atom is -0.507 e. The van der Waals surface area contributed by atoms with E-state index < -0.39 is 5.82 Å². The summed E-state index contributed by atoms with van der Waals surface area (Å²) in [5.41, 5.74) is 2.61. The number of phenolic OH excluding ortho intramolecular Hbond substituents is 1. The number of halogens is 1. The van der Waals surface area contributed by atoms with Gasteiger partial charge in [-0.05, 0) is 36.8 Å². The van der Waals surface area contributed by atoms with Crippen LogP contribution in [0.2, 0.25) is 0 Å². The monoisotopic (exact) mass is 259 g/mol. The zero-order valence-corrected chi connectivity index (χ0v) is 10.5. The molecule has 1 heterocycles. The van der Waals surface area contributed by atoms with Gasteiger partial charge in [0.15, 0.2) is 0 Å². The van der Waals surface area contributed by atoms with Crippen LogP contribution in [-0.2, 0) is 0 Å². The summed E-state index contributed by atoms with van der Waals surface area (Å²) >= 11 is 1.49. The lowest BCUT2D eigenvalue weighted by Crippen LogP contribution is -1.80. The highest BCUT2D eigenvalue weighted by atomic mass is 32.1. The van der Waals surface area contributed by atoms with E-state index in [1.54, 1.807) is 6.07 Å². The first-order valence-electron chi connectivity index (χ1n) is 5.49. The van der Waals surface area contributed by atoms with Gasteiger partial charge in [0.2, 0.25) is 0 Å². The van der Waals surface area contributed by atoms with Crippen molar-refractivity contribution in [2.45, 2.75) is 6.92 Å². The van der Waals surface area contributed by atoms with E-state index in [1.165, 1.54) is 17.4 Å². The van der Waals surface area contributed by atoms with Crippen LogP contribution in [0.15, 0.2) is 36.4 Å². The van der Waals surface area contributed by atoms with Crippen LogP contribution in [0.4, 0.5) is 4.39 Å². The van der Waals surface area contributed by atoms with Crippen molar-refractivity contribution >= 4 is 21.6 Å². The summed E-state index contributed by atoms with van der Waals surface area (Å²) in [5, 5.41) is 10.5. The zero-order chi connectivity index (χ0) is 12.7. The molecule has 0 aliphatic carbocycles. The predicted molar refractivity (Wildman–Crippen MR) is 71.4 cm³/mol. The maximum absolute atomic E-state index is 12.9. The number of nitrogens with zero attached hydrogens (tertiary/aromatic N) is 1. The Bertz CT molecular complexity index is 736. The van der Waals surface area contributed by atoms with Gasteiger partial charge in [-0.1, -0.05) is 6.07 Å². The summed E-state index contributed by atoms with van der Waals surface area (Å²) in [5.74, 6) is -0.529. The molecule has 3 rings (SSSR count). The molecule has 4 heteroatoms. The molecule has 2 nitrogen and oxygen atoms in total. The SMILES string of the molecule is Cc1ccc2sc(-c3ccc(F)cc3O)nc2c1. The fraction of sp³-hybridized carbons (Fsp3) is 0.0714. The molecule has 90 valence electrons. The molecule has 0 aliphatic heterocycles. The fourth-order valence-electron chi connectivity index (χ4n) is 1.84. The third kappa shape index (κ3) is 1.84. The molecule has 0 unspecified atom stereocenters. The molecule has 0 saturated heterocycles. The highest BCUT2D eigenvalue weighted by Crippen LogP contribution is 2.35. The Morgan fingerprint density at radius 3 is 2.78 bits per heavy atom. The number of aromatic hydroxyl groups is 1. The van der Waals surface area contributed by atoms with E-state index in [0.29, 0.717) is 10.6 Å². The van der Waals surface area contributed by atoms with E-state index in [1.807, 2.05) is 25.1 Å². The van der Waals surface area contributed by atoms with Gasteiger partial charge in [0.05, 0.1) is 15.8 Å². The van der Waals surface area contributed by atoms with Crippen LogP contribution in [0.1, 0.15) is 5.56 Å². The van der Waals surface area contributed by atoms with E-state index in [0.717, 1.165) is 21.8 Å². The first kappa shape index (κ1) is 11.2. The lowest BCUT2D eigenvalue weighted by Gasteiger charge is -1.99. The smallest absolute Gasteiger partial charge is 0.128 e. The van der Waals surface area contributed by atoms with Gasteiger partial charge in [0.1, 0.15) is 16.6 Å². The van der Waals surface area contributed by atoms with E-state index in [-0.39, 0.29) is 5.75 Å². The summed E-state index contributed by atoms with van der Waals surface area (Å²) in [6.07, 6.45) is 0. The Morgan fingerprint density at radius 2 is 2.00 bits per heavy atom. The van der Waals surface area contributed by atoms with Crippen molar-refractivity contribution in [3.05, 3.63) is 47.8 Å². The highest BCUT2D eigenvalue weighted by Gasteiger charge is 2.11. The van der Waals surface area contributed by atoms with Crippen molar-refractivity contribution in [2.75, 3.05) is 0 Å². The van der Waals surface area contributed by atoms with Gasteiger partial charge in [-0.25, -0.2) is 9.37 Å². The fourth-order valence-corrected chi connectivity index (χ4v) is 2.82. The summed E-state index contributed by atoms with van der Waals surface area (Å²) in [4.78, 5) is 4.47. The van der Waals surface area contributed by atoms with Gasteiger partial charge in [-0.15, -0.1) is 11.3 Å².